The molecule has 1 saturated heterocycles. The van der Waals surface area contributed by atoms with Gasteiger partial charge in [-0.1, -0.05) is 35.9 Å². The fourth-order valence-electron chi connectivity index (χ4n) is 3.89. The van der Waals surface area contributed by atoms with Gasteiger partial charge in [-0.15, -0.1) is 0 Å². The van der Waals surface area contributed by atoms with Gasteiger partial charge in [-0.05, 0) is 36.4 Å². The lowest BCUT2D eigenvalue weighted by Gasteiger charge is -2.36. The number of furan rings is 1. The minimum atomic E-state index is -0.685. The number of nitrogens with zero attached hydrogens (tertiary/aromatic N) is 2. The van der Waals surface area contributed by atoms with Crippen LogP contribution in [0.5, 0.6) is 11.5 Å². The van der Waals surface area contributed by atoms with E-state index in [1.165, 1.54) is 0 Å². The fraction of sp³-hybridized carbons (Fsp3) is 0.250. The second-order valence-electron chi connectivity index (χ2n) is 7.63. The lowest BCUT2D eigenvalue weighted by atomic mass is 10.2. The predicted octanol–water partition coefficient (Wildman–Crippen LogP) is 3.72. The second-order valence-corrected chi connectivity index (χ2v) is 8.03. The molecule has 164 valence electrons. The number of hydrogen-bond donors (Lipinski definition) is 0. The molecule has 2 aromatic carbocycles. The van der Waals surface area contributed by atoms with Gasteiger partial charge in [-0.3, -0.25) is 9.59 Å². The van der Waals surface area contributed by atoms with E-state index in [2.05, 4.69) is 0 Å². The summed E-state index contributed by atoms with van der Waals surface area (Å²) in [5.74, 6) is 1.66. The van der Waals surface area contributed by atoms with E-state index in [1.54, 1.807) is 34.1 Å². The van der Waals surface area contributed by atoms with Crippen molar-refractivity contribution >= 4 is 23.4 Å². The van der Waals surface area contributed by atoms with E-state index in [4.69, 9.17) is 25.5 Å². The SMILES string of the molecule is O=C(c1ccc(-c2ccccc2Cl)o1)N1CCN(C(=O)[C@@H]2COc3ccccc3O2)CC1. The van der Waals surface area contributed by atoms with Gasteiger partial charge in [0.15, 0.2) is 17.3 Å². The summed E-state index contributed by atoms with van der Waals surface area (Å²) in [6, 6.07) is 18.0. The van der Waals surface area contributed by atoms with Crippen LogP contribution in [0.1, 0.15) is 10.6 Å². The number of carbonyl (C=O) groups excluding carboxylic acids is 2. The summed E-state index contributed by atoms with van der Waals surface area (Å²) in [7, 11) is 0. The third-order valence-corrected chi connectivity index (χ3v) is 5.95. The summed E-state index contributed by atoms with van der Waals surface area (Å²) in [4.78, 5) is 29.2. The third-order valence-electron chi connectivity index (χ3n) is 5.62. The van der Waals surface area contributed by atoms with Crippen LogP contribution >= 0.6 is 11.6 Å². The highest BCUT2D eigenvalue weighted by atomic mass is 35.5. The molecule has 2 aliphatic heterocycles. The molecule has 0 unspecified atom stereocenters. The van der Waals surface area contributed by atoms with Gasteiger partial charge >= 0.3 is 0 Å². The number of para-hydroxylation sites is 2. The number of hydrogen-bond acceptors (Lipinski definition) is 5. The van der Waals surface area contributed by atoms with Crippen molar-refractivity contribution in [3.63, 3.8) is 0 Å². The minimum absolute atomic E-state index is 0.134. The molecule has 2 amide bonds. The van der Waals surface area contributed by atoms with E-state index >= 15 is 0 Å². The van der Waals surface area contributed by atoms with Crippen molar-refractivity contribution in [3.05, 3.63) is 71.4 Å². The first kappa shape index (κ1) is 20.5. The number of halogens is 1. The quantitative estimate of drug-likeness (QED) is 0.605. The van der Waals surface area contributed by atoms with E-state index < -0.39 is 6.10 Å². The number of carbonyl (C=O) groups is 2. The summed E-state index contributed by atoms with van der Waals surface area (Å²) >= 11 is 6.22. The number of benzene rings is 2. The standard InChI is InChI=1S/C24H21ClN2O5/c25-17-6-2-1-5-16(17)18-9-10-21(31-18)23(28)26-11-13-27(14-12-26)24(29)22-15-30-19-7-3-4-8-20(19)32-22/h1-10,22H,11-15H2/t22-/m0/s1. The van der Waals surface area contributed by atoms with Crippen molar-refractivity contribution in [2.45, 2.75) is 6.10 Å². The van der Waals surface area contributed by atoms with Crippen molar-refractivity contribution in [1.82, 2.24) is 9.80 Å². The minimum Gasteiger partial charge on any atom is -0.485 e. The van der Waals surface area contributed by atoms with E-state index in [0.29, 0.717) is 48.5 Å². The first-order valence-corrected chi connectivity index (χ1v) is 10.8. The number of ether oxygens (including phenoxy) is 2. The van der Waals surface area contributed by atoms with Crippen LogP contribution in [-0.2, 0) is 4.79 Å². The van der Waals surface area contributed by atoms with Crippen LogP contribution in [0.25, 0.3) is 11.3 Å². The first-order chi connectivity index (χ1) is 15.6. The maximum atomic E-state index is 12.9. The number of rotatable bonds is 3. The van der Waals surface area contributed by atoms with E-state index in [1.807, 2.05) is 36.4 Å². The molecule has 0 aliphatic carbocycles. The normalized spacial score (nSPS) is 17.8. The zero-order valence-corrected chi connectivity index (χ0v) is 18.0. The van der Waals surface area contributed by atoms with Gasteiger partial charge in [-0.25, -0.2) is 0 Å². The molecule has 8 heteroatoms. The number of fused-ring (bicyclic) bond motifs is 1. The Morgan fingerprint density at radius 2 is 1.53 bits per heavy atom. The van der Waals surface area contributed by atoms with Crippen LogP contribution in [0.3, 0.4) is 0 Å². The molecule has 1 aromatic heterocycles. The molecule has 0 spiro atoms. The largest absolute Gasteiger partial charge is 0.485 e. The van der Waals surface area contributed by atoms with Crippen LogP contribution in [0.2, 0.25) is 5.02 Å². The average molecular weight is 453 g/mol. The maximum Gasteiger partial charge on any atom is 0.289 e. The van der Waals surface area contributed by atoms with Crippen molar-refractivity contribution in [2.24, 2.45) is 0 Å². The average Bonchev–Trinajstić information content (AvgIpc) is 3.33. The van der Waals surface area contributed by atoms with Crippen molar-refractivity contribution < 1.29 is 23.5 Å². The van der Waals surface area contributed by atoms with Gasteiger partial charge in [-0.2, -0.15) is 0 Å². The Bertz CT molecular complexity index is 1150. The molecular formula is C24H21ClN2O5. The molecule has 1 atom stereocenters. The third kappa shape index (κ3) is 3.91. The van der Waals surface area contributed by atoms with Crippen LogP contribution in [0.4, 0.5) is 0 Å². The Morgan fingerprint density at radius 1 is 0.844 bits per heavy atom. The van der Waals surface area contributed by atoms with Crippen molar-refractivity contribution in [2.75, 3.05) is 32.8 Å². The summed E-state index contributed by atoms with van der Waals surface area (Å²) in [5.41, 5.74) is 0.736. The van der Waals surface area contributed by atoms with Gasteiger partial charge in [0.1, 0.15) is 12.4 Å². The molecule has 32 heavy (non-hydrogen) atoms. The first-order valence-electron chi connectivity index (χ1n) is 10.4. The zero-order chi connectivity index (χ0) is 22.1. The highest BCUT2D eigenvalue weighted by Crippen LogP contribution is 2.32. The van der Waals surface area contributed by atoms with Crippen LogP contribution in [0, 0.1) is 0 Å². The number of amides is 2. The summed E-state index contributed by atoms with van der Waals surface area (Å²) < 4.78 is 17.3. The molecule has 1 fully saturated rings. The highest BCUT2D eigenvalue weighted by Gasteiger charge is 2.34. The van der Waals surface area contributed by atoms with Crippen molar-refractivity contribution in [1.29, 1.82) is 0 Å². The molecule has 5 rings (SSSR count). The molecular weight excluding hydrogens is 432 g/mol. The maximum absolute atomic E-state index is 12.9. The molecule has 7 nitrogen and oxygen atoms in total. The molecule has 0 saturated carbocycles. The Labute approximate surface area is 190 Å². The van der Waals surface area contributed by atoms with E-state index in [0.717, 1.165) is 5.56 Å². The van der Waals surface area contributed by atoms with Gasteiger partial charge in [0.2, 0.25) is 6.10 Å². The summed E-state index contributed by atoms with van der Waals surface area (Å²) in [5, 5.41) is 0.560. The molecule has 3 aromatic rings. The summed E-state index contributed by atoms with van der Waals surface area (Å²) in [6.45, 7) is 1.84. The lowest BCUT2D eigenvalue weighted by molar-refractivity contribution is -0.142. The molecule has 2 aliphatic rings. The van der Waals surface area contributed by atoms with Crippen LogP contribution in [0.15, 0.2) is 65.1 Å². The van der Waals surface area contributed by atoms with Gasteiger partial charge in [0.05, 0.1) is 5.02 Å². The monoisotopic (exact) mass is 452 g/mol. The predicted molar refractivity (Wildman–Crippen MR) is 118 cm³/mol. The summed E-state index contributed by atoms with van der Waals surface area (Å²) in [6.07, 6.45) is -0.685. The number of piperazine rings is 1. The van der Waals surface area contributed by atoms with Gasteiger partial charge in [0, 0.05) is 31.7 Å². The molecule has 0 bridgehead atoms. The molecule has 0 N–H and O–H groups in total. The smallest absolute Gasteiger partial charge is 0.289 e. The van der Waals surface area contributed by atoms with Crippen LogP contribution in [-0.4, -0.2) is 60.5 Å². The van der Waals surface area contributed by atoms with Gasteiger partial charge < -0.3 is 23.7 Å². The second kappa shape index (κ2) is 8.59. The highest BCUT2D eigenvalue weighted by molar-refractivity contribution is 6.33. The van der Waals surface area contributed by atoms with Crippen molar-refractivity contribution in [3.8, 4) is 22.8 Å². The molecule has 3 heterocycles. The Kier molecular flexibility index (Phi) is 5.49. The zero-order valence-electron chi connectivity index (χ0n) is 17.2. The Balaban J connectivity index is 1.19. The molecule has 0 radical (unpaired) electrons. The Morgan fingerprint density at radius 3 is 2.31 bits per heavy atom. The van der Waals surface area contributed by atoms with E-state index in [-0.39, 0.29) is 24.2 Å². The van der Waals surface area contributed by atoms with E-state index in [9.17, 15) is 9.59 Å². The van der Waals surface area contributed by atoms with Gasteiger partial charge in [0.25, 0.3) is 11.8 Å². The Hall–Kier alpha value is -3.45. The lowest BCUT2D eigenvalue weighted by Crippen LogP contribution is -2.55. The topological polar surface area (TPSA) is 72.2 Å². The van der Waals surface area contributed by atoms with Crippen LogP contribution < -0.4 is 9.47 Å². The fourth-order valence-corrected chi connectivity index (χ4v) is 4.12.